The third-order valence-corrected chi connectivity index (χ3v) is 10.2. The SMILES string of the molecule is CCCCCCCCCCCCCCCCCCCCC/C=C/CC/C=C/C(O)C(COP(=O)(O)OCC[N+](C)(C)C)NC(=O)CCCCC. The Labute approximate surface area is 309 Å². The van der Waals surface area contributed by atoms with Crippen molar-refractivity contribution in [3.05, 3.63) is 24.3 Å². The number of allylic oxidation sites excluding steroid dienone is 3. The van der Waals surface area contributed by atoms with Gasteiger partial charge in [0.05, 0.1) is 39.9 Å². The van der Waals surface area contributed by atoms with E-state index in [1.54, 1.807) is 6.08 Å². The van der Waals surface area contributed by atoms with E-state index >= 15 is 0 Å². The Hall–Kier alpha value is -1.02. The largest absolute Gasteiger partial charge is 0.472 e. The fraction of sp³-hybridized carbons (Fsp3) is 0.878. The van der Waals surface area contributed by atoms with Gasteiger partial charge in [-0.1, -0.05) is 167 Å². The summed E-state index contributed by atoms with van der Waals surface area (Å²) < 4.78 is 23.2. The maximum Gasteiger partial charge on any atom is 0.472 e. The van der Waals surface area contributed by atoms with Crippen molar-refractivity contribution < 1.29 is 32.9 Å². The number of amides is 1. The molecule has 0 aromatic heterocycles. The number of phosphoric acid groups is 1. The van der Waals surface area contributed by atoms with Crippen molar-refractivity contribution in [3.63, 3.8) is 0 Å². The molecule has 0 aliphatic heterocycles. The highest BCUT2D eigenvalue weighted by atomic mass is 31.2. The van der Waals surface area contributed by atoms with Gasteiger partial charge in [-0.05, 0) is 32.1 Å². The maximum atomic E-state index is 12.5. The minimum absolute atomic E-state index is 0.0564. The van der Waals surface area contributed by atoms with Gasteiger partial charge in [-0.2, -0.15) is 0 Å². The Morgan fingerprint density at radius 1 is 0.660 bits per heavy atom. The van der Waals surface area contributed by atoms with E-state index in [1.165, 1.54) is 122 Å². The van der Waals surface area contributed by atoms with E-state index in [4.69, 9.17) is 9.05 Å². The molecule has 0 aromatic carbocycles. The number of rotatable bonds is 37. The summed E-state index contributed by atoms with van der Waals surface area (Å²) in [5.74, 6) is -0.212. The lowest BCUT2D eigenvalue weighted by molar-refractivity contribution is -0.870. The van der Waals surface area contributed by atoms with Gasteiger partial charge in [0.1, 0.15) is 13.2 Å². The lowest BCUT2D eigenvalue weighted by Crippen LogP contribution is -2.45. The summed E-state index contributed by atoms with van der Waals surface area (Å²) >= 11 is 0. The van der Waals surface area contributed by atoms with E-state index in [1.807, 2.05) is 27.2 Å². The van der Waals surface area contributed by atoms with Crippen LogP contribution in [0.5, 0.6) is 0 Å². The second kappa shape index (κ2) is 33.8. The molecule has 0 fully saturated rings. The zero-order chi connectivity index (χ0) is 37.2. The van der Waals surface area contributed by atoms with Crippen LogP contribution in [0.4, 0.5) is 0 Å². The Morgan fingerprint density at radius 2 is 1.10 bits per heavy atom. The summed E-state index contributed by atoms with van der Waals surface area (Å²) in [6.45, 7) is 4.61. The molecule has 0 rings (SSSR count). The van der Waals surface area contributed by atoms with Crippen molar-refractivity contribution in [2.75, 3.05) is 40.9 Å². The van der Waals surface area contributed by atoms with E-state index in [2.05, 4.69) is 31.3 Å². The maximum absolute atomic E-state index is 12.5. The standard InChI is InChI=1S/C41H81N2O6P/c1-6-8-10-11-12-13-14-15-16-17-18-19-20-21-22-23-24-25-26-27-28-29-30-31-33-34-40(44)39(42-41(45)35-32-9-7-2)38-49-50(46,47)48-37-36-43(3,4)5/h28-29,33-34,39-40,44H,6-27,30-32,35-38H2,1-5H3,(H-,42,45,46,47)/p+1/b29-28+,34-33+. The van der Waals surface area contributed by atoms with Crippen LogP contribution in [-0.4, -0.2) is 73.4 Å². The number of hydrogen-bond donors (Lipinski definition) is 3. The molecule has 0 aliphatic rings. The zero-order valence-corrected chi connectivity index (χ0v) is 34.3. The molecule has 3 N–H and O–H groups in total. The number of carbonyl (C=O) groups is 1. The third kappa shape index (κ3) is 35.4. The summed E-state index contributed by atoms with van der Waals surface area (Å²) in [6.07, 6.45) is 39.2. The highest BCUT2D eigenvalue weighted by Gasteiger charge is 2.27. The molecular formula is C41H82N2O6P+. The number of hydrogen-bond acceptors (Lipinski definition) is 5. The van der Waals surface area contributed by atoms with Crippen LogP contribution >= 0.6 is 7.82 Å². The first kappa shape index (κ1) is 49.0. The number of carbonyl (C=O) groups excluding carboxylic acids is 1. The molecule has 0 radical (unpaired) electrons. The van der Waals surface area contributed by atoms with Crippen LogP contribution in [0.25, 0.3) is 0 Å². The molecule has 0 saturated heterocycles. The molecule has 0 heterocycles. The quantitative estimate of drug-likeness (QED) is 0.0254. The van der Waals surface area contributed by atoms with Gasteiger partial charge in [0, 0.05) is 6.42 Å². The summed E-state index contributed by atoms with van der Waals surface area (Å²) in [7, 11) is 1.55. The van der Waals surface area contributed by atoms with Gasteiger partial charge >= 0.3 is 7.82 Å². The molecule has 0 aromatic rings. The minimum Gasteiger partial charge on any atom is -0.387 e. The van der Waals surface area contributed by atoms with Gasteiger partial charge in [0.15, 0.2) is 0 Å². The number of likely N-dealkylation sites (N-methyl/N-ethyl adjacent to an activating group) is 1. The lowest BCUT2D eigenvalue weighted by atomic mass is 10.0. The van der Waals surface area contributed by atoms with Gasteiger partial charge in [0.25, 0.3) is 0 Å². The Morgan fingerprint density at radius 3 is 1.60 bits per heavy atom. The Bertz CT molecular complexity index is 876. The average molecular weight is 730 g/mol. The van der Waals surface area contributed by atoms with Crippen LogP contribution in [0.3, 0.4) is 0 Å². The molecule has 50 heavy (non-hydrogen) atoms. The zero-order valence-electron chi connectivity index (χ0n) is 33.4. The number of quaternary nitrogens is 1. The van der Waals surface area contributed by atoms with Crippen molar-refractivity contribution in [2.24, 2.45) is 0 Å². The van der Waals surface area contributed by atoms with Crippen LogP contribution in [0.1, 0.15) is 181 Å². The fourth-order valence-electron chi connectivity index (χ4n) is 5.82. The first-order valence-electron chi connectivity index (χ1n) is 20.7. The van der Waals surface area contributed by atoms with Crippen molar-refractivity contribution in [2.45, 2.75) is 193 Å². The second-order valence-corrected chi connectivity index (χ2v) is 16.8. The minimum atomic E-state index is -4.32. The van der Waals surface area contributed by atoms with Gasteiger partial charge in [-0.15, -0.1) is 0 Å². The summed E-state index contributed by atoms with van der Waals surface area (Å²) in [4.78, 5) is 22.6. The smallest absolute Gasteiger partial charge is 0.387 e. The molecule has 8 nitrogen and oxygen atoms in total. The van der Waals surface area contributed by atoms with Crippen molar-refractivity contribution in [1.29, 1.82) is 0 Å². The molecule has 0 spiro atoms. The highest BCUT2D eigenvalue weighted by Crippen LogP contribution is 2.43. The summed E-state index contributed by atoms with van der Waals surface area (Å²) in [5, 5.41) is 13.6. The van der Waals surface area contributed by atoms with Crippen LogP contribution in [0.2, 0.25) is 0 Å². The molecule has 3 atom stereocenters. The number of aliphatic hydroxyl groups is 1. The lowest BCUT2D eigenvalue weighted by Gasteiger charge is -2.25. The number of nitrogens with zero attached hydrogens (tertiary/aromatic N) is 1. The summed E-state index contributed by atoms with van der Waals surface area (Å²) in [5.41, 5.74) is 0. The van der Waals surface area contributed by atoms with Gasteiger partial charge in [0.2, 0.25) is 5.91 Å². The van der Waals surface area contributed by atoms with Crippen LogP contribution < -0.4 is 5.32 Å². The van der Waals surface area contributed by atoms with Gasteiger partial charge in [-0.25, -0.2) is 4.57 Å². The molecule has 9 heteroatoms. The predicted octanol–water partition coefficient (Wildman–Crippen LogP) is 11.0. The number of aliphatic hydroxyl groups excluding tert-OH is 1. The van der Waals surface area contributed by atoms with E-state index in [0.29, 0.717) is 17.4 Å². The number of nitrogens with one attached hydrogen (secondary N) is 1. The Balaban J connectivity index is 4.05. The van der Waals surface area contributed by atoms with Crippen LogP contribution in [0, 0.1) is 0 Å². The van der Waals surface area contributed by atoms with E-state index in [-0.39, 0.29) is 19.1 Å². The molecule has 0 bridgehead atoms. The van der Waals surface area contributed by atoms with Gasteiger partial charge in [-0.3, -0.25) is 13.8 Å². The predicted molar refractivity (Wildman–Crippen MR) is 212 cm³/mol. The Kier molecular flexibility index (Phi) is 33.1. The highest BCUT2D eigenvalue weighted by molar-refractivity contribution is 7.47. The normalized spacial score (nSPS) is 14.8. The molecular weight excluding hydrogens is 647 g/mol. The van der Waals surface area contributed by atoms with E-state index in [0.717, 1.165) is 38.5 Å². The summed E-state index contributed by atoms with van der Waals surface area (Å²) in [6, 6.07) is -0.854. The molecule has 1 amide bonds. The first-order chi connectivity index (χ1) is 24.0. The third-order valence-electron chi connectivity index (χ3n) is 9.17. The number of phosphoric ester groups is 1. The van der Waals surface area contributed by atoms with E-state index < -0.39 is 20.0 Å². The van der Waals surface area contributed by atoms with Crippen molar-refractivity contribution in [3.8, 4) is 0 Å². The van der Waals surface area contributed by atoms with Crippen LogP contribution in [-0.2, 0) is 18.4 Å². The molecule has 0 saturated carbocycles. The van der Waals surface area contributed by atoms with Gasteiger partial charge < -0.3 is 19.8 Å². The molecule has 0 aliphatic carbocycles. The van der Waals surface area contributed by atoms with Crippen LogP contribution in [0.15, 0.2) is 24.3 Å². The first-order valence-corrected chi connectivity index (χ1v) is 22.2. The second-order valence-electron chi connectivity index (χ2n) is 15.4. The van der Waals surface area contributed by atoms with E-state index in [9.17, 15) is 19.4 Å². The molecule has 3 unspecified atom stereocenters. The van der Waals surface area contributed by atoms with Crippen molar-refractivity contribution in [1.82, 2.24) is 5.32 Å². The number of unbranched alkanes of at least 4 members (excludes halogenated alkanes) is 22. The topological polar surface area (TPSA) is 105 Å². The monoisotopic (exact) mass is 730 g/mol. The average Bonchev–Trinajstić information content (AvgIpc) is 3.06. The van der Waals surface area contributed by atoms with Crippen molar-refractivity contribution >= 4 is 13.7 Å². The fourth-order valence-corrected chi connectivity index (χ4v) is 6.56. The molecule has 296 valence electrons.